The van der Waals surface area contributed by atoms with Crippen LogP contribution in [-0.2, 0) is 17.6 Å². The van der Waals surface area contributed by atoms with Gasteiger partial charge in [-0.25, -0.2) is 0 Å². The lowest BCUT2D eigenvalue weighted by Gasteiger charge is -2.35. The Morgan fingerprint density at radius 2 is 1.89 bits per heavy atom. The van der Waals surface area contributed by atoms with Gasteiger partial charge in [0, 0.05) is 12.1 Å². The molecule has 0 bridgehead atoms. The van der Waals surface area contributed by atoms with E-state index in [-0.39, 0.29) is 11.2 Å². The van der Waals surface area contributed by atoms with Crippen molar-refractivity contribution in [1.29, 1.82) is 0 Å². The summed E-state index contributed by atoms with van der Waals surface area (Å²) in [6.45, 7) is 13.7. The Labute approximate surface area is 163 Å². The molecule has 2 heterocycles. The molecule has 0 unspecified atom stereocenters. The molecule has 1 aliphatic heterocycles. The highest BCUT2D eigenvalue weighted by molar-refractivity contribution is 5.79. The number of fused-ring (bicyclic) bond motifs is 3. The van der Waals surface area contributed by atoms with Crippen LogP contribution in [0.1, 0.15) is 84.8 Å². The minimum atomic E-state index is -0.466. The van der Waals surface area contributed by atoms with E-state index < -0.39 is 5.60 Å². The maximum atomic E-state index is 10.9. The Kier molecular flexibility index (Phi) is 5.29. The summed E-state index contributed by atoms with van der Waals surface area (Å²) >= 11 is 0. The van der Waals surface area contributed by atoms with Gasteiger partial charge in [-0.05, 0) is 50.3 Å². The lowest BCUT2D eigenvalue weighted by molar-refractivity contribution is 0.105. The van der Waals surface area contributed by atoms with Crippen molar-refractivity contribution in [3.05, 3.63) is 29.5 Å². The molecule has 1 N–H and O–H groups in total. The van der Waals surface area contributed by atoms with Crippen molar-refractivity contribution in [2.24, 2.45) is 0 Å². The fourth-order valence-corrected chi connectivity index (χ4v) is 4.11. The molecular weight excluding hydrogens is 336 g/mol. The molecule has 4 heteroatoms. The molecule has 27 heavy (non-hydrogen) atoms. The average molecular weight is 371 g/mol. The quantitative estimate of drug-likeness (QED) is 0.595. The van der Waals surface area contributed by atoms with Gasteiger partial charge in [-0.3, -0.25) is 4.68 Å². The van der Waals surface area contributed by atoms with Crippen molar-refractivity contribution >= 4 is 0 Å². The van der Waals surface area contributed by atoms with Gasteiger partial charge < -0.3 is 9.84 Å². The van der Waals surface area contributed by atoms with Crippen LogP contribution in [0.4, 0.5) is 0 Å². The van der Waals surface area contributed by atoms with Gasteiger partial charge in [-0.2, -0.15) is 5.10 Å². The topological polar surface area (TPSA) is 47.3 Å². The van der Waals surface area contributed by atoms with Crippen LogP contribution in [-0.4, -0.2) is 14.9 Å². The van der Waals surface area contributed by atoms with E-state index in [1.54, 1.807) is 0 Å². The van der Waals surface area contributed by atoms with Crippen LogP contribution in [0, 0.1) is 0 Å². The van der Waals surface area contributed by atoms with E-state index in [0.29, 0.717) is 0 Å². The minimum absolute atomic E-state index is 0.000961. The van der Waals surface area contributed by atoms with Crippen molar-refractivity contribution in [3.8, 4) is 22.8 Å². The summed E-state index contributed by atoms with van der Waals surface area (Å²) in [7, 11) is 0. The first-order valence-corrected chi connectivity index (χ1v) is 10.3. The Balaban J connectivity index is 2.02. The molecule has 0 saturated carbocycles. The zero-order valence-electron chi connectivity index (χ0n) is 17.7. The monoisotopic (exact) mass is 370 g/mol. The Morgan fingerprint density at radius 1 is 1.15 bits per heavy atom. The van der Waals surface area contributed by atoms with Gasteiger partial charge in [0.2, 0.25) is 0 Å². The molecule has 1 aromatic heterocycles. The first-order chi connectivity index (χ1) is 12.7. The van der Waals surface area contributed by atoms with E-state index in [4.69, 9.17) is 4.74 Å². The van der Waals surface area contributed by atoms with Gasteiger partial charge >= 0.3 is 0 Å². The maximum Gasteiger partial charge on any atom is 0.134 e. The number of rotatable bonds is 7. The molecule has 0 radical (unpaired) electrons. The predicted octanol–water partition coefficient (Wildman–Crippen LogP) is 6.15. The van der Waals surface area contributed by atoms with Crippen LogP contribution in [0.3, 0.4) is 0 Å². The molecule has 0 aliphatic carbocycles. The van der Waals surface area contributed by atoms with Crippen LogP contribution in [0.15, 0.2) is 18.3 Å². The second-order valence-electron chi connectivity index (χ2n) is 8.90. The number of aromatic nitrogens is 2. The highest BCUT2D eigenvalue weighted by atomic mass is 16.5. The Bertz CT molecular complexity index is 818. The van der Waals surface area contributed by atoms with Gasteiger partial charge in [0.25, 0.3) is 0 Å². The summed E-state index contributed by atoms with van der Waals surface area (Å²) in [5, 5.41) is 15.5. The van der Waals surface area contributed by atoms with E-state index in [1.165, 1.54) is 25.7 Å². The van der Waals surface area contributed by atoms with Crippen molar-refractivity contribution in [1.82, 2.24) is 9.78 Å². The van der Waals surface area contributed by atoms with E-state index in [9.17, 15) is 5.11 Å². The Hall–Kier alpha value is -1.97. The Morgan fingerprint density at radius 3 is 2.56 bits per heavy atom. The minimum Gasteiger partial charge on any atom is -0.507 e. The first-order valence-electron chi connectivity index (χ1n) is 10.3. The van der Waals surface area contributed by atoms with Gasteiger partial charge in [0.05, 0.1) is 17.5 Å². The lowest BCUT2D eigenvalue weighted by atomic mass is 9.78. The molecule has 1 aromatic carbocycles. The average Bonchev–Trinajstić information content (AvgIpc) is 3.03. The fraction of sp³-hybridized carbons (Fsp3) is 0.609. The number of phenols is 1. The first kappa shape index (κ1) is 19.8. The summed E-state index contributed by atoms with van der Waals surface area (Å²) in [6.07, 6.45) is 7.97. The van der Waals surface area contributed by atoms with Gasteiger partial charge in [-0.15, -0.1) is 0 Å². The van der Waals surface area contributed by atoms with Crippen molar-refractivity contribution in [2.75, 3.05) is 0 Å². The fourth-order valence-electron chi connectivity index (χ4n) is 4.11. The molecule has 0 atom stereocenters. The van der Waals surface area contributed by atoms with E-state index in [0.717, 1.165) is 41.1 Å². The second kappa shape index (κ2) is 7.21. The molecule has 2 aromatic rings. The third kappa shape index (κ3) is 3.59. The van der Waals surface area contributed by atoms with Gasteiger partial charge in [0.1, 0.15) is 17.1 Å². The third-order valence-corrected chi connectivity index (χ3v) is 5.91. The number of benzene rings is 1. The lowest BCUT2D eigenvalue weighted by Crippen LogP contribution is -2.29. The number of ether oxygens (including phenoxy) is 1. The molecule has 0 amide bonds. The molecule has 0 spiro atoms. The van der Waals surface area contributed by atoms with Crippen LogP contribution < -0.4 is 4.74 Å². The zero-order chi connectivity index (χ0) is 19.8. The number of unbranched alkanes of at least 4 members (excludes halogenated alkanes) is 3. The number of aromatic hydroxyl groups is 1. The molecular formula is C23H34N2O2. The molecule has 0 fully saturated rings. The van der Waals surface area contributed by atoms with Gasteiger partial charge in [0.15, 0.2) is 0 Å². The molecule has 4 nitrogen and oxygen atoms in total. The van der Waals surface area contributed by atoms with Crippen LogP contribution in [0.5, 0.6) is 11.5 Å². The van der Waals surface area contributed by atoms with Crippen molar-refractivity contribution < 1.29 is 9.84 Å². The smallest absolute Gasteiger partial charge is 0.134 e. The van der Waals surface area contributed by atoms with E-state index >= 15 is 0 Å². The number of aryl methyl sites for hydroxylation is 1. The largest absolute Gasteiger partial charge is 0.507 e. The van der Waals surface area contributed by atoms with Crippen molar-refractivity contribution in [3.63, 3.8) is 0 Å². The van der Waals surface area contributed by atoms with Crippen molar-refractivity contribution in [2.45, 2.75) is 91.2 Å². The summed E-state index contributed by atoms with van der Waals surface area (Å²) < 4.78 is 8.30. The number of phenolic OH excluding ortho intramolecular Hbond substituents is 1. The standard InChI is InChI=1S/C23H34N2O2/c1-7-9-10-11-12-22(3,4)16-13-18(26)20-19(14-16)27-23(5,6)17-15-24-25(8-2)21(17)20/h13-15,26H,7-12H2,1-6H3. The van der Waals surface area contributed by atoms with E-state index in [2.05, 4.69) is 52.7 Å². The maximum absolute atomic E-state index is 10.9. The highest BCUT2D eigenvalue weighted by Crippen LogP contribution is 2.50. The second-order valence-corrected chi connectivity index (χ2v) is 8.90. The summed E-state index contributed by atoms with van der Waals surface area (Å²) in [5.41, 5.74) is 3.45. The summed E-state index contributed by atoms with van der Waals surface area (Å²) in [4.78, 5) is 0. The predicted molar refractivity (Wildman–Crippen MR) is 110 cm³/mol. The number of nitrogens with zero attached hydrogens (tertiary/aromatic N) is 2. The van der Waals surface area contributed by atoms with Gasteiger partial charge in [-0.1, -0.05) is 46.5 Å². The number of hydrogen-bond donors (Lipinski definition) is 1. The molecule has 0 saturated heterocycles. The van der Waals surface area contributed by atoms with E-state index in [1.807, 2.05) is 16.9 Å². The molecule has 1 aliphatic rings. The SMILES string of the molecule is CCCCCCC(C)(C)c1cc(O)c2c(c1)OC(C)(C)c1cnn(CC)c1-2. The summed E-state index contributed by atoms with van der Waals surface area (Å²) in [5.74, 6) is 1.05. The summed E-state index contributed by atoms with van der Waals surface area (Å²) in [6, 6.07) is 4.06. The molecule has 148 valence electrons. The zero-order valence-corrected chi connectivity index (χ0v) is 17.7. The van der Waals surface area contributed by atoms with Crippen LogP contribution in [0.2, 0.25) is 0 Å². The highest BCUT2D eigenvalue weighted by Gasteiger charge is 2.38. The van der Waals surface area contributed by atoms with Crippen LogP contribution in [0.25, 0.3) is 11.3 Å². The van der Waals surface area contributed by atoms with Crippen LogP contribution >= 0.6 is 0 Å². The normalized spacial score (nSPS) is 15.2. The third-order valence-electron chi connectivity index (χ3n) is 5.91. The number of hydrogen-bond acceptors (Lipinski definition) is 3. The molecule has 3 rings (SSSR count).